The lowest BCUT2D eigenvalue weighted by molar-refractivity contribution is 0.289. The monoisotopic (exact) mass is 371 g/mol. The van der Waals surface area contributed by atoms with Crippen LogP contribution in [0.3, 0.4) is 0 Å². The first-order chi connectivity index (χ1) is 12.9. The molecule has 0 saturated carbocycles. The van der Waals surface area contributed by atoms with Crippen molar-refractivity contribution in [1.82, 2.24) is 9.97 Å². The van der Waals surface area contributed by atoms with E-state index in [-0.39, 0.29) is 46.5 Å². The molecule has 0 unspecified atom stereocenters. The summed E-state index contributed by atoms with van der Waals surface area (Å²) in [4.78, 5) is 7.62. The second-order valence-corrected chi connectivity index (χ2v) is 5.51. The van der Waals surface area contributed by atoms with Crippen molar-refractivity contribution in [3.63, 3.8) is 0 Å². The number of hydrogen-bond acceptors (Lipinski definition) is 6. The maximum atomic E-state index is 14.4. The quantitative estimate of drug-likeness (QED) is 0.729. The van der Waals surface area contributed by atoms with Crippen LogP contribution >= 0.6 is 0 Å². The van der Waals surface area contributed by atoms with Gasteiger partial charge in [0.25, 0.3) is 0 Å². The first-order valence-electron chi connectivity index (χ1n) is 7.58. The summed E-state index contributed by atoms with van der Waals surface area (Å²) in [5.74, 6) is -2.69. The molecule has 6 nitrogen and oxygen atoms in total. The maximum absolute atomic E-state index is 14.4. The summed E-state index contributed by atoms with van der Waals surface area (Å²) in [5.41, 5.74) is 11.7. The van der Waals surface area contributed by atoms with Gasteiger partial charge in [-0.2, -0.15) is 10.2 Å². The van der Waals surface area contributed by atoms with Crippen LogP contribution in [0.5, 0.6) is 5.75 Å². The fourth-order valence-corrected chi connectivity index (χ4v) is 2.44. The van der Waals surface area contributed by atoms with E-state index in [9.17, 15) is 18.4 Å². The van der Waals surface area contributed by atoms with E-state index >= 15 is 0 Å². The third kappa shape index (κ3) is 3.90. The largest absolute Gasteiger partial charge is 0.486 e. The summed E-state index contributed by atoms with van der Waals surface area (Å²) in [5, 5.41) is 9.20. The number of benzene rings is 2. The molecule has 0 fully saturated rings. The van der Waals surface area contributed by atoms with E-state index in [0.717, 1.165) is 24.3 Å². The van der Waals surface area contributed by atoms with Gasteiger partial charge in [-0.15, -0.1) is 0 Å². The Bertz CT molecular complexity index is 1050. The first kappa shape index (κ1) is 18.0. The molecule has 9 heteroatoms. The summed E-state index contributed by atoms with van der Waals surface area (Å²) in [6.45, 7) is -0.234. The predicted octanol–water partition coefficient (Wildman–Crippen LogP) is 3.18. The van der Waals surface area contributed by atoms with Crippen molar-refractivity contribution in [3.8, 4) is 23.1 Å². The zero-order valence-electron chi connectivity index (χ0n) is 13.7. The second-order valence-electron chi connectivity index (χ2n) is 5.51. The van der Waals surface area contributed by atoms with Gasteiger partial charge >= 0.3 is 0 Å². The minimum absolute atomic E-state index is 0.0347. The van der Waals surface area contributed by atoms with Crippen LogP contribution in [0.15, 0.2) is 36.4 Å². The van der Waals surface area contributed by atoms with Gasteiger partial charge < -0.3 is 16.2 Å². The molecule has 0 bridgehead atoms. The Kier molecular flexibility index (Phi) is 4.81. The van der Waals surface area contributed by atoms with Crippen LogP contribution in [-0.2, 0) is 6.61 Å². The highest BCUT2D eigenvalue weighted by atomic mass is 19.1. The number of hydrogen-bond donors (Lipinski definition) is 2. The van der Waals surface area contributed by atoms with Crippen LogP contribution in [0.25, 0.3) is 11.3 Å². The Hall–Kier alpha value is -3.80. The van der Waals surface area contributed by atoms with Gasteiger partial charge in [0.2, 0.25) is 5.95 Å². The van der Waals surface area contributed by atoms with E-state index in [4.69, 9.17) is 16.2 Å². The number of nitriles is 1. The van der Waals surface area contributed by atoms with Gasteiger partial charge in [-0.05, 0) is 35.9 Å². The minimum atomic E-state index is -0.760. The zero-order valence-corrected chi connectivity index (χ0v) is 13.7. The normalized spacial score (nSPS) is 10.4. The van der Waals surface area contributed by atoms with Crippen LogP contribution in [0.4, 0.5) is 24.9 Å². The first-order valence-corrected chi connectivity index (χ1v) is 7.58. The van der Waals surface area contributed by atoms with Crippen molar-refractivity contribution in [2.24, 2.45) is 0 Å². The number of nitrogens with two attached hydrogens (primary N) is 2. The van der Waals surface area contributed by atoms with Gasteiger partial charge in [-0.1, -0.05) is 0 Å². The summed E-state index contributed by atoms with van der Waals surface area (Å²) in [6.07, 6.45) is 0. The highest BCUT2D eigenvalue weighted by Gasteiger charge is 2.15. The number of rotatable bonds is 4. The molecule has 0 saturated heterocycles. The lowest BCUT2D eigenvalue weighted by Crippen LogP contribution is -2.05. The second kappa shape index (κ2) is 7.21. The van der Waals surface area contributed by atoms with Crippen molar-refractivity contribution in [2.45, 2.75) is 6.61 Å². The van der Waals surface area contributed by atoms with Crippen molar-refractivity contribution in [1.29, 1.82) is 5.26 Å². The number of nitrogens with zero attached hydrogens (tertiary/aromatic N) is 3. The fourth-order valence-electron chi connectivity index (χ4n) is 2.44. The average Bonchev–Trinajstić information content (AvgIpc) is 2.59. The van der Waals surface area contributed by atoms with Crippen molar-refractivity contribution >= 4 is 11.8 Å². The van der Waals surface area contributed by atoms with Crippen molar-refractivity contribution < 1.29 is 17.9 Å². The fraction of sp³-hybridized carbons (Fsp3) is 0.0556. The zero-order chi connectivity index (χ0) is 19.6. The minimum Gasteiger partial charge on any atom is -0.486 e. The van der Waals surface area contributed by atoms with E-state index in [1.54, 1.807) is 0 Å². The molecule has 0 amide bonds. The molecule has 0 atom stereocenters. The number of halogens is 3. The van der Waals surface area contributed by atoms with Crippen LogP contribution in [0.2, 0.25) is 0 Å². The third-order valence-corrected chi connectivity index (χ3v) is 3.59. The molecule has 136 valence electrons. The smallest absolute Gasteiger partial charge is 0.222 e. The SMILES string of the molecule is N#Cc1c(N)nc(N)nc1-c1ccc(OCc2cc(F)cc(F)c2)c(F)c1. The molecule has 1 heterocycles. The van der Waals surface area contributed by atoms with E-state index in [1.165, 1.54) is 12.1 Å². The lowest BCUT2D eigenvalue weighted by Gasteiger charge is -2.10. The van der Waals surface area contributed by atoms with Gasteiger partial charge in [0.05, 0.1) is 5.69 Å². The van der Waals surface area contributed by atoms with Gasteiger partial charge in [-0.3, -0.25) is 0 Å². The molecule has 4 N–H and O–H groups in total. The van der Waals surface area contributed by atoms with Crippen LogP contribution in [-0.4, -0.2) is 9.97 Å². The molecule has 27 heavy (non-hydrogen) atoms. The van der Waals surface area contributed by atoms with Gasteiger partial charge in [0, 0.05) is 11.6 Å². The van der Waals surface area contributed by atoms with E-state index in [2.05, 4.69) is 9.97 Å². The summed E-state index contributed by atoms with van der Waals surface area (Å²) in [7, 11) is 0. The molecular weight excluding hydrogens is 359 g/mol. The Morgan fingerprint density at radius 2 is 1.70 bits per heavy atom. The molecule has 2 aromatic carbocycles. The molecule has 0 aliphatic carbocycles. The Morgan fingerprint density at radius 3 is 2.33 bits per heavy atom. The Morgan fingerprint density at radius 1 is 1.00 bits per heavy atom. The molecule has 0 aliphatic heterocycles. The predicted molar refractivity (Wildman–Crippen MR) is 91.7 cm³/mol. The van der Waals surface area contributed by atoms with Gasteiger partial charge in [0.15, 0.2) is 11.6 Å². The van der Waals surface area contributed by atoms with Crippen LogP contribution < -0.4 is 16.2 Å². The number of nitrogen functional groups attached to an aromatic ring is 2. The molecule has 1 aromatic heterocycles. The van der Waals surface area contributed by atoms with E-state index in [0.29, 0.717) is 0 Å². The van der Waals surface area contributed by atoms with E-state index < -0.39 is 17.5 Å². The summed E-state index contributed by atoms with van der Waals surface area (Å²) >= 11 is 0. The number of aromatic nitrogens is 2. The third-order valence-electron chi connectivity index (χ3n) is 3.59. The molecule has 0 radical (unpaired) electrons. The molecule has 3 rings (SSSR count). The molecule has 0 aliphatic rings. The van der Waals surface area contributed by atoms with Gasteiger partial charge in [0.1, 0.15) is 35.7 Å². The van der Waals surface area contributed by atoms with Crippen LogP contribution in [0.1, 0.15) is 11.1 Å². The number of ether oxygens (including phenoxy) is 1. The topological polar surface area (TPSA) is 111 Å². The van der Waals surface area contributed by atoms with E-state index in [1.807, 2.05) is 6.07 Å². The van der Waals surface area contributed by atoms with Crippen LogP contribution in [0, 0.1) is 28.8 Å². The Balaban J connectivity index is 1.88. The summed E-state index contributed by atoms with van der Waals surface area (Å²) < 4.78 is 46.0. The lowest BCUT2D eigenvalue weighted by atomic mass is 10.1. The molecule has 0 spiro atoms. The average molecular weight is 371 g/mol. The number of anilines is 2. The highest BCUT2D eigenvalue weighted by molar-refractivity contribution is 5.73. The molecule has 3 aromatic rings. The summed E-state index contributed by atoms with van der Waals surface area (Å²) in [6, 6.07) is 8.59. The molecular formula is C18H12F3N5O. The Labute approximate surface area is 151 Å². The van der Waals surface area contributed by atoms with Gasteiger partial charge in [-0.25, -0.2) is 18.2 Å². The maximum Gasteiger partial charge on any atom is 0.222 e. The van der Waals surface area contributed by atoms with Crippen molar-refractivity contribution in [2.75, 3.05) is 11.5 Å². The standard InChI is InChI=1S/C18H12F3N5O/c19-11-3-9(4-12(20)6-11)8-27-15-2-1-10(5-14(15)21)16-13(7-22)17(23)26-18(24)25-16/h1-6H,8H2,(H4,23,24,25,26). The highest BCUT2D eigenvalue weighted by Crippen LogP contribution is 2.29. The van der Waals surface area contributed by atoms with Crippen molar-refractivity contribution in [3.05, 3.63) is 65.0 Å².